The molecule has 34 heavy (non-hydrogen) atoms. The van der Waals surface area contributed by atoms with Gasteiger partial charge >= 0.3 is 12.0 Å². The molecule has 1 aliphatic heterocycles. The minimum absolute atomic E-state index is 0.0328. The van der Waals surface area contributed by atoms with E-state index in [2.05, 4.69) is 25.6 Å². The van der Waals surface area contributed by atoms with Gasteiger partial charge in [0, 0.05) is 24.0 Å². The molecule has 0 radical (unpaired) electrons. The van der Waals surface area contributed by atoms with Crippen molar-refractivity contribution in [2.75, 3.05) is 24.3 Å². The molecule has 1 aromatic heterocycles. The van der Waals surface area contributed by atoms with Crippen LogP contribution < -0.4 is 10.6 Å². The molecule has 1 aliphatic rings. The summed E-state index contributed by atoms with van der Waals surface area (Å²) in [7, 11) is 1.29. The Balaban J connectivity index is 1.42. The zero-order valence-corrected chi connectivity index (χ0v) is 18.7. The van der Waals surface area contributed by atoms with Gasteiger partial charge in [-0.15, -0.1) is 10.2 Å². The van der Waals surface area contributed by atoms with E-state index in [1.54, 1.807) is 29.2 Å². The second-order valence-electron chi connectivity index (χ2n) is 7.38. The highest BCUT2D eigenvalue weighted by atomic mass is 32.1. The molecule has 176 valence electrons. The lowest BCUT2D eigenvalue weighted by atomic mass is 10.2. The Labute approximate surface area is 196 Å². The molecule has 12 heteroatoms. The standard InChI is InChI=1S/C22H19F2N5O4S/c1-33-21(31)12-4-6-13(7-5-12)26-22(32)29-10-2-3-17(29)19-27-28-20(34-19)18(30)25-14-8-9-15(23)16(24)11-14/h4-9,11,17H,2-3,10H2,1H3,(H,25,30)(H,26,32)/t17-/m1/s1. The number of hydrogen-bond acceptors (Lipinski definition) is 7. The molecule has 2 aromatic carbocycles. The van der Waals surface area contributed by atoms with Gasteiger partial charge in [0.15, 0.2) is 11.6 Å². The van der Waals surface area contributed by atoms with E-state index in [1.165, 1.54) is 13.2 Å². The molecule has 0 spiro atoms. The Bertz CT molecular complexity index is 1230. The summed E-state index contributed by atoms with van der Waals surface area (Å²) in [5.41, 5.74) is 0.954. The summed E-state index contributed by atoms with van der Waals surface area (Å²) in [6.07, 6.45) is 1.39. The monoisotopic (exact) mass is 487 g/mol. The molecule has 0 bridgehead atoms. The van der Waals surface area contributed by atoms with Crippen LogP contribution in [0.1, 0.15) is 44.1 Å². The number of ether oxygens (including phenoxy) is 1. The minimum atomic E-state index is -1.08. The van der Waals surface area contributed by atoms with Gasteiger partial charge in [-0.25, -0.2) is 18.4 Å². The van der Waals surface area contributed by atoms with E-state index >= 15 is 0 Å². The maximum atomic E-state index is 13.4. The van der Waals surface area contributed by atoms with E-state index < -0.39 is 23.5 Å². The quantitative estimate of drug-likeness (QED) is 0.521. The van der Waals surface area contributed by atoms with Crippen LogP contribution in [0.4, 0.5) is 25.0 Å². The van der Waals surface area contributed by atoms with E-state index in [0.717, 1.165) is 29.9 Å². The Morgan fingerprint density at radius 3 is 2.47 bits per heavy atom. The fourth-order valence-corrected chi connectivity index (χ4v) is 4.37. The highest BCUT2D eigenvalue weighted by Crippen LogP contribution is 2.34. The van der Waals surface area contributed by atoms with Crippen LogP contribution in [0.25, 0.3) is 0 Å². The molecular formula is C22H19F2N5O4S. The van der Waals surface area contributed by atoms with Crippen molar-refractivity contribution in [1.29, 1.82) is 0 Å². The Kier molecular flexibility index (Phi) is 6.77. The van der Waals surface area contributed by atoms with Crippen molar-refractivity contribution in [2.45, 2.75) is 18.9 Å². The molecule has 3 amide bonds. The number of aromatic nitrogens is 2. The van der Waals surface area contributed by atoms with Gasteiger partial charge in [0.2, 0.25) is 5.01 Å². The van der Waals surface area contributed by atoms with Crippen LogP contribution in [0.2, 0.25) is 0 Å². The second kappa shape index (κ2) is 9.91. The van der Waals surface area contributed by atoms with Crippen LogP contribution in [0, 0.1) is 11.6 Å². The van der Waals surface area contributed by atoms with E-state index in [0.29, 0.717) is 29.2 Å². The number of amides is 3. The first-order valence-electron chi connectivity index (χ1n) is 10.2. The maximum absolute atomic E-state index is 13.4. The molecular weight excluding hydrogens is 468 g/mol. The number of halogens is 2. The van der Waals surface area contributed by atoms with E-state index in [-0.39, 0.29) is 22.8 Å². The van der Waals surface area contributed by atoms with Gasteiger partial charge in [-0.3, -0.25) is 4.79 Å². The molecule has 2 N–H and O–H groups in total. The van der Waals surface area contributed by atoms with Gasteiger partial charge < -0.3 is 20.3 Å². The van der Waals surface area contributed by atoms with Crippen molar-refractivity contribution in [3.63, 3.8) is 0 Å². The summed E-state index contributed by atoms with van der Waals surface area (Å²) in [6, 6.07) is 8.59. The highest BCUT2D eigenvalue weighted by molar-refractivity contribution is 7.13. The number of methoxy groups -OCH3 is 1. The SMILES string of the molecule is COC(=O)c1ccc(NC(=O)N2CCC[C@@H]2c2nnc(C(=O)Nc3ccc(F)c(F)c3)s2)cc1. The predicted molar refractivity (Wildman–Crippen MR) is 120 cm³/mol. The zero-order valence-electron chi connectivity index (χ0n) is 17.9. The largest absolute Gasteiger partial charge is 0.465 e. The number of nitrogens with zero attached hydrogens (tertiary/aromatic N) is 3. The number of hydrogen-bond donors (Lipinski definition) is 2. The number of carbonyl (C=O) groups excluding carboxylic acids is 3. The molecule has 0 saturated carbocycles. The van der Waals surface area contributed by atoms with Crippen molar-refractivity contribution in [1.82, 2.24) is 15.1 Å². The smallest absolute Gasteiger partial charge is 0.337 e. The fraction of sp³-hybridized carbons (Fsp3) is 0.227. The minimum Gasteiger partial charge on any atom is -0.465 e. The van der Waals surface area contributed by atoms with Gasteiger partial charge in [0.25, 0.3) is 5.91 Å². The summed E-state index contributed by atoms with van der Waals surface area (Å²) in [6.45, 7) is 0.493. The third kappa shape index (κ3) is 5.01. The number of anilines is 2. The van der Waals surface area contributed by atoms with Gasteiger partial charge in [-0.1, -0.05) is 11.3 Å². The third-order valence-corrected chi connectivity index (χ3v) is 6.19. The van der Waals surface area contributed by atoms with Crippen LogP contribution in [-0.4, -0.2) is 46.7 Å². The van der Waals surface area contributed by atoms with Crippen LogP contribution in [0.5, 0.6) is 0 Å². The first-order valence-corrected chi connectivity index (χ1v) is 11.0. The average Bonchev–Trinajstić information content (AvgIpc) is 3.51. The molecule has 1 atom stereocenters. The first-order chi connectivity index (χ1) is 16.4. The molecule has 3 aromatic rings. The molecule has 2 heterocycles. The second-order valence-corrected chi connectivity index (χ2v) is 8.39. The molecule has 4 rings (SSSR count). The van der Waals surface area contributed by atoms with Crippen molar-refractivity contribution in [3.05, 3.63) is 69.7 Å². The van der Waals surface area contributed by atoms with Crippen LogP contribution in [-0.2, 0) is 4.74 Å². The summed E-state index contributed by atoms with van der Waals surface area (Å²) in [5, 5.41) is 13.7. The maximum Gasteiger partial charge on any atom is 0.337 e. The fourth-order valence-electron chi connectivity index (χ4n) is 3.49. The average molecular weight is 487 g/mol. The summed E-state index contributed by atoms with van der Waals surface area (Å²) in [5.74, 6) is -3.19. The lowest BCUT2D eigenvalue weighted by Gasteiger charge is -2.23. The topological polar surface area (TPSA) is 114 Å². The van der Waals surface area contributed by atoms with Gasteiger partial charge in [0.05, 0.1) is 18.7 Å². The van der Waals surface area contributed by atoms with Crippen LogP contribution in [0.3, 0.4) is 0 Å². The number of benzene rings is 2. The Morgan fingerprint density at radius 2 is 1.76 bits per heavy atom. The van der Waals surface area contributed by atoms with E-state index in [9.17, 15) is 23.2 Å². The molecule has 1 saturated heterocycles. The number of urea groups is 1. The molecule has 0 aliphatic carbocycles. The first kappa shape index (κ1) is 23.2. The Morgan fingerprint density at radius 1 is 1.03 bits per heavy atom. The molecule has 1 fully saturated rings. The lowest BCUT2D eigenvalue weighted by molar-refractivity contribution is 0.0600. The van der Waals surface area contributed by atoms with Gasteiger partial charge in [-0.2, -0.15) is 0 Å². The lowest BCUT2D eigenvalue weighted by Crippen LogP contribution is -2.34. The molecule has 9 nitrogen and oxygen atoms in total. The van der Waals surface area contributed by atoms with Crippen molar-refractivity contribution in [3.8, 4) is 0 Å². The highest BCUT2D eigenvalue weighted by Gasteiger charge is 2.33. The van der Waals surface area contributed by atoms with Gasteiger partial charge in [0.1, 0.15) is 5.01 Å². The Hall–Kier alpha value is -3.93. The number of likely N-dealkylation sites (tertiary alicyclic amines) is 1. The third-order valence-electron chi connectivity index (χ3n) is 5.17. The van der Waals surface area contributed by atoms with Crippen molar-refractivity contribution in [2.24, 2.45) is 0 Å². The zero-order chi connectivity index (χ0) is 24.2. The van der Waals surface area contributed by atoms with E-state index in [4.69, 9.17) is 0 Å². The van der Waals surface area contributed by atoms with Crippen molar-refractivity contribution >= 4 is 40.6 Å². The molecule has 0 unspecified atom stereocenters. The van der Waals surface area contributed by atoms with Crippen LogP contribution in [0.15, 0.2) is 42.5 Å². The van der Waals surface area contributed by atoms with Gasteiger partial charge in [-0.05, 0) is 49.2 Å². The number of esters is 1. The number of rotatable bonds is 5. The normalized spacial score (nSPS) is 15.1. The summed E-state index contributed by atoms with van der Waals surface area (Å²) < 4.78 is 31.1. The van der Waals surface area contributed by atoms with E-state index in [1.807, 2.05) is 0 Å². The van der Waals surface area contributed by atoms with Crippen molar-refractivity contribution < 1.29 is 27.9 Å². The van der Waals surface area contributed by atoms with Crippen LogP contribution >= 0.6 is 11.3 Å². The summed E-state index contributed by atoms with van der Waals surface area (Å²) >= 11 is 1.02. The predicted octanol–water partition coefficient (Wildman–Crippen LogP) is 4.22. The number of carbonyl (C=O) groups is 3. The summed E-state index contributed by atoms with van der Waals surface area (Å²) in [4.78, 5) is 38.4. The number of nitrogens with one attached hydrogen (secondary N) is 2.